The lowest BCUT2D eigenvalue weighted by atomic mass is 9.98. The van der Waals surface area contributed by atoms with Crippen LogP contribution in [0.3, 0.4) is 0 Å². The van der Waals surface area contributed by atoms with Gasteiger partial charge >= 0.3 is 0 Å². The van der Waals surface area contributed by atoms with Crippen LogP contribution in [-0.2, 0) is 6.42 Å². The van der Waals surface area contributed by atoms with Gasteiger partial charge in [0.25, 0.3) is 0 Å². The van der Waals surface area contributed by atoms with Gasteiger partial charge in [0.05, 0.1) is 0 Å². The van der Waals surface area contributed by atoms with Gasteiger partial charge in [0.1, 0.15) is 0 Å². The number of nitrogens with zero attached hydrogens (tertiary/aromatic N) is 2. The molecule has 1 saturated heterocycles. The Hall–Kier alpha value is -0.610. The monoisotopic (exact) mass is 231 g/mol. The molecule has 5 heteroatoms. The molecule has 86 valence electrons. The van der Waals surface area contributed by atoms with Crippen molar-refractivity contribution in [3.8, 4) is 0 Å². The highest BCUT2D eigenvalue weighted by Crippen LogP contribution is 2.22. The molecule has 1 fully saturated rings. The lowest BCUT2D eigenvalue weighted by Gasteiger charge is -2.18. The van der Waals surface area contributed by atoms with Crippen LogP contribution in [0, 0.1) is 0 Å². The number of hydrogen-bond donors (Lipinski definition) is 1. The minimum Gasteiger partial charge on any atom is -0.339 e. The first kappa shape index (κ1) is 12.5. The quantitative estimate of drug-likeness (QED) is 0.864. The Bertz CT molecular complexity index is 284. The summed E-state index contributed by atoms with van der Waals surface area (Å²) in [7, 11) is 0. The van der Waals surface area contributed by atoms with Gasteiger partial charge < -0.3 is 9.84 Å². The predicted molar refractivity (Wildman–Crippen MR) is 60.4 cm³/mol. The second-order valence-electron chi connectivity index (χ2n) is 3.82. The molecule has 0 aliphatic carbocycles. The van der Waals surface area contributed by atoms with Crippen LogP contribution in [0.2, 0.25) is 0 Å². The first-order valence-electron chi connectivity index (χ1n) is 5.43. The highest BCUT2D eigenvalue weighted by molar-refractivity contribution is 5.85. The summed E-state index contributed by atoms with van der Waals surface area (Å²) in [6.07, 6.45) is 4.22. The van der Waals surface area contributed by atoms with E-state index in [9.17, 15) is 0 Å². The Kier molecular flexibility index (Phi) is 5.05. The maximum atomic E-state index is 5.18. The number of aryl methyl sites for hydroxylation is 1. The van der Waals surface area contributed by atoms with E-state index in [4.69, 9.17) is 4.52 Å². The van der Waals surface area contributed by atoms with Crippen molar-refractivity contribution in [1.29, 1.82) is 0 Å². The first-order chi connectivity index (χ1) is 6.90. The van der Waals surface area contributed by atoms with E-state index in [1.165, 1.54) is 0 Å². The van der Waals surface area contributed by atoms with Crippen molar-refractivity contribution in [2.24, 2.45) is 0 Å². The molecule has 0 spiro atoms. The van der Waals surface area contributed by atoms with Crippen LogP contribution in [0.15, 0.2) is 4.52 Å². The smallest absolute Gasteiger partial charge is 0.226 e. The largest absolute Gasteiger partial charge is 0.339 e. The summed E-state index contributed by atoms with van der Waals surface area (Å²) in [6, 6.07) is 0. The van der Waals surface area contributed by atoms with Gasteiger partial charge in [-0.25, -0.2) is 0 Å². The molecule has 15 heavy (non-hydrogen) atoms. The molecule has 0 aromatic carbocycles. The minimum absolute atomic E-state index is 0. The van der Waals surface area contributed by atoms with Crippen LogP contribution in [0.25, 0.3) is 0 Å². The lowest BCUT2D eigenvalue weighted by molar-refractivity contribution is 0.360. The molecule has 4 nitrogen and oxygen atoms in total. The minimum atomic E-state index is 0. The molecule has 1 aliphatic heterocycles. The predicted octanol–water partition coefficient (Wildman–Crippen LogP) is 1.91. The molecule has 0 radical (unpaired) electrons. The summed E-state index contributed by atoms with van der Waals surface area (Å²) in [6.45, 7) is 4.26. The van der Waals surface area contributed by atoms with E-state index in [2.05, 4.69) is 22.4 Å². The molecule has 0 amide bonds. The van der Waals surface area contributed by atoms with Crippen LogP contribution in [0.5, 0.6) is 0 Å². The lowest BCUT2D eigenvalue weighted by Crippen LogP contribution is -2.27. The molecule has 1 N–H and O–H groups in total. The van der Waals surface area contributed by atoms with Gasteiger partial charge in [0.15, 0.2) is 5.82 Å². The summed E-state index contributed by atoms with van der Waals surface area (Å²) >= 11 is 0. The Balaban J connectivity index is 0.00000112. The van der Waals surface area contributed by atoms with Crippen molar-refractivity contribution in [1.82, 2.24) is 15.5 Å². The fourth-order valence-corrected chi connectivity index (χ4v) is 1.83. The van der Waals surface area contributed by atoms with Crippen LogP contribution < -0.4 is 5.32 Å². The molecule has 1 aliphatic rings. The molecule has 0 bridgehead atoms. The van der Waals surface area contributed by atoms with E-state index < -0.39 is 0 Å². The van der Waals surface area contributed by atoms with E-state index in [0.717, 1.165) is 50.5 Å². The Morgan fingerprint density at radius 2 is 2.13 bits per heavy atom. The Labute approximate surface area is 96.2 Å². The number of hydrogen-bond acceptors (Lipinski definition) is 4. The van der Waals surface area contributed by atoms with Crippen LogP contribution >= 0.6 is 12.4 Å². The van der Waals surface area contributed by atoms with Gasteiger partial charge in [-0.15, -0.1) is 12.4 Å². The van der Waals surface area contributed by atoms with Crippen molar-refractivity contribution in [3.63, 3.8) is 0 Å². The summed E-state index contributed by atoms with van der Waals surface area (Å²) < 4.78 is 5.18. The van der Waals surface area contributed by atoms with E-state index in [1.807, 2.05) is 0 Å². The van der Waals surface area contributed by atoms with Gasteiger partial charge in [-0.1, -0.05) is 12.1 Å². The number of nitrogens with one attached hydrogen (secondary N) is 1. The summed E-state index contributed by atoms with van der Waals surface area (Å²) in [4.78, 5) is 4.42. The Morgan fingerprint density at radius 1 is 1.40 bits per heavy atom. The number of halogens is 1. The topological polar surface area (TPSA) is 51.0 Å². The maximum Gasteiger partial charge on any atom is 0.226 e. The van der Waals surface area contributed by atoms with Gasteiger partial charge in [0, 0.05) is 12.3 Å². The van der Waals surface area contributed by atoms with Crippen LogP contribution in [0.4, 0.5) is 0 Å². The van der Waals surface area contributed by atoms with Crippen LogP contribution in [0.1, 0.15) is 43.8 Å². The standard InChI is InChI=1S/C10H17N3O.ClH/c1-2-3-9-12-10(13-14-9)8-4-6-11-7-5-8;/h8,11H,2-7H2,1H3;1H. The first-order valence-corrected chi connectivity index (χ1v) is 5.43. The summed E-state index contributed by atoms with van der Waals surface area (Å²) in [5.41, 5.74) is 0. The molecule has 0 saturated carbocycles. The van der Waals surface area contributed by atoms with Gasteiger partial charge in [-0.3, -0.25) is 0 Å². The molecular weight excluding hydrogens is 214 g/mol. The summed E-state index contributed by atoms with van der Waals surface area (Å²) in [5, 5.41) is 7.37. The highest BCUT2D eigenvalue weighted by atomic mass is 35.5. The molecule has 0 atom stereocenters. The van der Waals surface area contributed by atoms with Crippen LogP contribution in [-0.4, -0.2) is 23.2 Å². The van der Waals surface area contributed by atoms with Crippen molar-refractivity contribution in [2.75, 3.05) is 13.1 Å². The van der Waals surface area contributed by atoms with Gasteiger partial charge in [0.2, 0.25) is 5.89 Å². The van der Waals surface area contributed by atoms with E-state index in [1.54, 1.807) is 0 Å². The SMILES string of the molecule is CCCc1nc(C2CCNCC2)no1.Cl. The summed E-state index contributed by atoms with van der Waals surface area (Å²) in [5.74, 6) is 2.21. The molecule has 2 rings (SSSR count). The zero-order valence-electron chi connectivity index (χ0n) is 9.03. The second-order valence-corrected chi connectivity index (χ2v) is 3.82. The average molecular weight is 232 g/mol. The van der Waals surface area contributed by atoms with E-state index in [-0.39, 0.29) is 12.4 Å². The fraction of sp³-hybridized carbons (Fsp3) is 0.800. The molecular formula is C10H18ClN3O. The number of rotatable bonds is 3. The van der Waals surface area contributed by atoms with Crippen molar-refractivity contribution < 1.29 is 4.52 Å². The van der Waals surface area contributed by atoms with Gasteiger partial charge in [-0.05, 0) is 32.4 Å². The van der Waals surface area contributed by atoms with Crippen molar-refractivity contribution >= 4 is 12.4 Å². The molecule has 0 unspecified atom stereocenters. The average Bonchev–Trinajstić information content (AvgIpc) is 2.68. The molecule has 2 heterocycles. The second kappa shape index (κ2) is 6.08. The van der Waals surface area contributed by atoms with E-state index >= 15 is 0 Å². The van der Waals surface area contributed by atoms with Gasteiger partial charge in [-0.2, -0.15) is 4.98 Å². The highest BCUT2D eigenvalue weighted by Gasteiger charge is 2.20. The normalized spacial score (nSPS) is 17.4. The molecule has 1 aromatic rings. The Morgan fingerprint density at radius 3 is 2.80 bits per heavy atom. The van der Waals surface area contributed by atoms with E-state index in [0.29, 0.717) is 5.92 Å². The number of piperidine rings is 1. The maximum absolute atomic E-state index is 5.18. The third-order valence-corrected chi connectivity index (χ3v) is 2.65. The molecule has 1 aromatic heterocycles. The third-order valence-electron chi connectivity index (χ3n) is 2.65. The zero-order chi connectivity index (χ0) is 9.80. The van der Waals surface area contributed by atoms with Crippen molar-refractivity contribution in [3.05, 3.63) is 11.7 Å². The zero-order valence-corrected chi connectivity index (χ0v) is 9.85. The fourth-order valence-electron chi connectivity index (χ4n) is 1.83. The number of aromatic nitrogens is 2. The third kappa shape index (κ3) is 3.18. The van der Waals surface area contributed by atoms with Crippen molar-refractivity contribution in [2.45, 2.75) is 38.5 Å².